The third-order valence-electron chi connectivity index (χ3n) is 3.49. The topological polar surface area (TPSA) is 29.1 Å². The van der Waals surface area contributed by atoms with Crippen LogP contribution in [0.3, 0.4) is 0 Å². The van der Waals surface area contributed by atoms with Gasteiger partial charge in [-0.3, -0.25) is 4.79 Å². The highest BCUT2D eigenvalue weighted by molar-refractivity contribution is 6.30. The predicted octanol–water partition coefficient (Wildman–Crippen LogP) is 3.79. The molecule has 0 radical (unpaired) electrons. The van der Waals surface area contributed by atoms with E-state index in [4.69, 9.17) is 11.6 Å². The van der Waals surface area contributed by atoms with E-state index in [9.17, 15) is 9.18 Å². The van der Waals surface area contributed by atoms with Crippen molar-refractivity contribution >= 4 is 17.5 Å². The van der Waals surface area contributed by atoms with Gasteiger partial charge in [0, 0.05) is 11.6 Å². The normalized spacial score (nSPS) is 15.9. The first-order valence-corrected chi connectivity index (χ1v) is 6.78. The van der Waals surface area contributed by atoms with Gasteiger partial charge in [-0.25, -0.2) is 4.39 Å². The average Bonchev–Trinajstić information content (AvgIpc) is 2.85. The minimum Gasteiger partial charge on any atom is -0.352 e. The Morgan fingerprint density at radius 3 is 2.83 bits per heavy atom. The standard InChI is InChI=1S/C14H17ClFNO/c15-11-5-6-13(16)12(9-11)14(18)17-8-7-10-3-1-2-4-10/h5-6,9-10H,1-4,7-8H2,(H,17,18). The maximum Gasteiger partial charge on any atom is 0.254 e. The number of hydrogen-bond donors (Lipinski definition) is 1. The first-order chi connectivity index (χ1) is 8.66. The summed E-state index contributed by atoms with van der Waals surface area (Å²) in [6, 6.07) is 4.02. The Morgan fingerprint density at radius 2 is 2.11 bits per heavy atom. The quantitative estimate of drug-likeness (QED) is 0.885. The first-order valence-electron chi connectivity index (χ1n) is 6.40. The van der Waals surface area contributed by atoms with Crippen molar-refractivity contribution in [3.8, 4) is 0 Å². The summed E-state index contributed by atoms with van der Waals surface area (Å²) in [4.78, 5) is 11.8. The maximum absolute atomic E-state index is 13.4. The Morgan fingerprint density at radius 1 is 1.39 bits per heavy atom. The van der Waals surface area contributed by atoms with E-state index in [0.29, 0.717) is 11.6 Å². The van der Waals surface area contributed by atoms with Crippen LogP contribution in [-0.2, 0) is 0 Å². The number of hydrogen-bond acceptors (Lipinski definition) is 1. The van der Waals surface area contributed by atoms with Crippen molar-refractivity contribution < 1.29 is 9.18 Å². The molecule has 2 rings (SSSR count). The molecule has 1 amide bonds. The van der Waals surface area contributed by atoms with Crippen LogP contribution in [-0.4, -0.2) is 12.5 Å². The number of carbonyl (C=O) groups is 1. The van der Waals surface area contributed by atoms with E-state index in [1.807, 2.05) is 0 Å². The van der Waals surface area contributed by atoms with Gasteiger partial charge in [0.05, 0.1) is 5.56 Å². The summed E-state index contributed by atoms with van der Waals surface area (Å²) in [5.74, 6) is -0.194. The second kappa shape index (κ2) is 6.19. The van der Waals surface area contributed by atoms with Gasteiger partial charge < -0.3 is 5.32 Å². The van der Waals surface area contributed by atoms with Crippen LogP contribution in [0.1, 0.15) is 42.5 Å². The molecule has 0 atom stereocenters. The highest BCUT2D eigenvalue weighted by Gasteiger charge is 2.16. The molecular formula is C14H17ClFNO. The molecule has 1 fully saturated rings. The molecule has 98 valence electrons. The van der Waals surface area contributed by atoms with Crippen molar-refractivity contribution in [1.82, 2.24) is 5.32 Å². The molecule has 1 saturated carbocycles. The Labute approximate surface area is 112 Å². The summed E-state index contributed by atoms with van der Waals surface area (Å²) < 4.78 is 13.4. The lowest BCUT2D eigenvalue weighted by molar-refractivity contribution is 0.0947. The lowest BCUT2D eigenvalue weighted by Crippen LogP contribution is -2.26. The van der Waals surface area contributed by atoms with E-state index in [0.717, 1.165) is 12.3 Å². The molecule has 1 aromatic rings. The van der Waals surface area contributed by atoms with Crippen LogP contribution in [0.4, 0.5) is 4.39 Å². The molecule has 18 heavy (non-hydrogen) atoms. The zero-order chi connectivity index (χ0) is 13.0. The fourth-order valence-electron chi connectivity index (χ4n) is 2.46. The number of rotatable bonds is 4. The molecule has 1 aliphatic rings. The molecule has 0 aliphatic heterocycles. The number of nitrogens with one attached hydrogen (secondary N) is 1. The zero-order valence-corrected chi connectivity index (χ0v) is 11.0. The van der Waals surface area contributed by atoms with Gasteiger partial charge in [-0.1, -0.05) is 37.3 Å². The molecule has 0 bridgehead atoms. The van der Waals surface area contributed by atoms with Gasteiger partial charge in [0.1, 0.15) is 5.82 Å². The summed E-state index contributed by atoms with van der Waals surface area (Å²) in [5.41, 5.74) is 0.0221. The SMILES string of the molecule is O=C(NCCC1CCCC1)c1cc(Cl)ccc1F. The third-order valence-corrected chi connectivity index (χ3v) is 3.72. The van der Waals surface area contributed by atoms with E-state index in [1.165, 1.54) is 43.9 Å². The third kappa shape index (κ3) is 3.45. The molecule has 1 aliphatic carbocycles. The van der Waals surface area contributed by atoms with Crippen LogP contribution in [0.2, 0.25) is 5.02 Å². The molecule has 2 nitrogen and oxygen atoms in total. The fourth-order valence-corrected chi connectivity index (χ4v) is 2.63. The maximum atomic E-state index is 13.4. The van der Waals surface area contributed by atoms with Crippen molar-refractivity contribution in [2.75, 3.05) is 6.54 Å². The van der Waals surface area contributed by atoms with Gasteiger partial charge in [-0.2, -0.15) is 0 Å². The monoisotopic (exact) mass is 269 g/mol. The van der Waals surface area contributed by atoms with Crippen LogP contribution in [0.15, 0.2) is 18.2 Å². The summed E-state index contributed by atoms with van der Waals surface area (Å²) in [6.45, 7) is 0.607. The number of halogens is 2. The largest absolute Gasteiger partial charge is 0.352 e. The first kappa shape index (κ1) is 13.3. The van der Waals surface area contributed by atoms with Crippen molar-refractivity contribution in [3.05, 3.63) is 34.6 Å². The van der Waals surface area contributed by atoms with Gasteiger partial charge in [0.25, 0.3) is 5.91 Å². The molecule has 0 aromatic heterocycles. The van der Waals surface area contributed by atoms with Crippen molar-refractivity contribution in [3.63, 3.8) is 0 Å². The van der Waals surface area contributed by atoms with Crippen molar-refractivity contribution in [1.29, 1.82) is 0 Å². The van der Waals surface area contributed by atoms with Crippen LogP contribution in [0, 0.1) is 11.7 Å². The highest BCUT2D eigenvalue weighted by atomic mass is 35.5. The Kier molecular flexibility index (Phi) is 4.59. The van der Waals surface area contributed by atoms with Gasteiger partial charge in [-0.15, -0.1) is 0 Å². The second-order valence-corrected chi connectivity index (χ2v) is 5.26. The Hall–Kier alpha value is -1.09. The Balaban J connectivity index is 1.85. The predicted molar refractivity (Wildman–Crippen MR) is 70.3 cm³/mol. The molecule has 1 aromatic carbocycles. The number of amides is 1. The number of carbonyl (C=O) groups excluding carboxylic acids is 1. The molecule has 0 spiro atoms. The minimum absolute atomic E-state index is 0.0221. The fraction of sp³-hybridized carbons (Fsp3) is 0.500. The van der Waals surface area contributed by atoms with E-state index < -0.39 is 5.82 Å². The summed E-state index contributed by atoms with van der Waals surface area (Å²) in [5, 5.41) is 3.13. The van der Waals surface area contributed by atoms with Crippen LogP contribution in [0.5, 0.6) is 0 Å². The minimum atomic E-state index is -0.530. The average molecular weight is 270 g/mol. The molecule has 0 unspecified atom stereocenters. The lowest BCUT2D eigenvalue weighted by Gasteiger charge is -2.10. The van der Waals surface area contributed by atoms with Gasteiger partial charge in [0.2, 0.25) is 0 Å². The van der Waals surface area contributed by atoms with Crippen molar-refractivity contribution in [2.24, 2.45) is 5.92 Å². The molecule has 1 N–H and O–H groups in total. The molecule has 4 heteroatoms. The van der Waals surface area contributed by atoms with Crippen LogP contribution in [0.25, 0.3) is 0 Å². The van der Waals surface area contributed by atoms with E-state index in [-0.39, 0.29) is 11.5 Å². The van der Waals surface area contributed by atoms with Gasteiger partial charge in [-0.05, 0) is 30.5 Å². The van der Waals surface area contributed by atoms with E-state index in [1.54, 1.807) is 0 Å². The zero-order valence-electron chi connectivity index (χ0n) is 10.2. The van der Waals surface area contributed by atoms with Gasteiger partial charge >= 0.3 is 0 Å². The highest BCUT2D eigenvalue weighted by Crippen LogP contribution is 2.26. The lowest BCUT2D eigenvalue weighted by atomic mass is 10.0. The molecule has 0 saturated heterocycles. The number of benzene rings is 1. The van der Waals surface area contributed by atoms with E-state index >= 15 is 0 Å². The van der Waals surface area contributed by atoms with Crippen LogP contribution >= 0.6 is 11.6 Å². The van der Waals surface area contributed by atoms with Crippen LogP contribution < -0.4 is 5.32 Å². The summed E-state index contributed by atoms with van der Waals surface area (Å²) in [7, 11) is 0. The second-order valence-electron chi connectivity index (χ2n) is 4.82. The summed E-state index contributed by atoms with van der Waals surface area (Å²) in [6.07, 6.45) is 6.07. The Bertz CT molecular complexity index is 430. The molecule has 0 heterocycles. The summed E-state index contributed by atoms with van der Waals surface area (Å²) >= 11 is 5.75. The molecular weight excluding hydrogens is 253 g/mol. The smallest absolute Gasteiger partial charge is 0.254 e. The van der Waals surface area contributed by atoms with E-state index in [2.05, 4.69) is 5.32 Å². The van der Waals surface area contributed by atoms with Crippen molar-refractivity contribution in [2.45, 2.75) is 32.1 Å². The van der Waals surface area contributed by atoms with Gasteiger partial charge in [0.15, 0.2) is 0 Å².